The lowest BCUT2D eigenvalue weighted by Gasteiger charge is -2.19. The smallest absolute Gasteiger partial charge is 0.274 e. The number of aryl methyl sites for hydroxylation is 2. The van der Waals surface area contributed by atoms with E-state index in [4.69, 9.17) is 4.52 Å². The van der Waals surface area contributed by atoms with Crippen LogP contribution in [0.15, 0.2) is 65.2 Å². The molecule has 4 heteroatoms. The van der Waals surface area contributed by atoms with Crippen LogP contribution < -0.4 is 5.32 Å². The Labute approximate surface area is 135 Å². The maximum Gasteiger partial charge on any atom is 0.274 e. The van der Waals surface area contributed by atoms with Gasteiger partial charge < -0.3 is 9.84 Å². The summed E-state index contributed by atoms with van der Waals surface area (Å²) in [6, 6.07) is 19.4. The van der Waals surface area contributed by atoms with Crippen molar-refractivity contribution in [1.82, 2.24) is 10.5 Å². The predicted octanol–water partition coefficient (Wildman–Crippen LogP) is 3.81. The van der Waals surface area contributed by atoms with Crippen LogP contribution in [-0.4, -0.2) is 11.1 Å². The quantitative estimate of drug-likeness (QED) is 0.797. The summed E-state index contributed by atoms with van der Waals surface area (Å²) in [6.45, 7) is 3.80. The highest BCUT2D eigenvalue weighted by atomic mass is 16.5. The number of benzene rings is 2. The Morgan fingerprint density at radius 3 is 2.26 bits per heavy atom. The van der Waals surface area contributed by atoms with Gasteiger partial charge in [-0.2, -0.15) is 0 Å². The molecule has 1 heterocycles. The number of amides is 1. The molecule has 0 saturated carbocycles. The molecule has 1 amide bonds. The zero-order valence-electron chi connectivity index (χ0n) is 13.1. The van der Waals surface area contributed by atoms with Gasteiger partial charge in [-0.05, 0) is 25.0 Å². The minimum Gasteiger partial charge on any atom is -0.361 e. The van der Waals surface area contributed by atoms with Gasteiger partial charge in [0.1, 0.15) is 5.76 Å². The standard InChI is InChI=1S/C19H18N2O2/c1-13-8-10-16(11-9-13)18(15-6-4-3-5-7-15)20-19(22)17-12-14(2)23-21-17/h3-12,18H,1-2H3,(H,20,22)/t18-/m1/s1. The van der Waals surface area contributed by atoms with Crippen LogP contribution in [0.1, 0.15) is 39.0 Å². The van der Waals surface area contributed by atoms with Crippen LogP contribution in [-0.2, 0) is 0 Å². The van der Waals surface area contributed by atoms with E-state index in [1.165, 1.54) is 5.56 Å². The third-order valence-electron chi connectivity index (χ3n) is 3.68. The van der Waals surface area contributed by atoms with E-state index in [2.05, 4.69) is 10.5 Å². The maximum absolute atomic E-state index is 12.4. The zero-order valence-corrected chi connectivity index (χ0v) is 13.1. The largest absolute Gasteiger partial charge is 0.361 e. The molecule has 0 fully saturated rings. The Hall–Kier alpha value is -2.88. The molecule has 1 N–H and O–H groups in total. The molecule has 4 nitrogen and oxygen atoms in total. The van der Waals surface area contributed by atoms with Gasteiger partial charge in [-0.1, -0.05) is 65.3 Å². The molecule has 0 aliphatic rings. The highest BCUT2D eigenvalue weighted by Gasteiger charge is 2.19. The summed E-state index contributed by atoms with van der Waals surface area (Å²) < 4.78 is 4.98. The number of rotatable bonds is 4. The number of carbonyl (C=O) groups excluding carboxylic acids is 1. The van der Waals surface area contributed by atoms with E-state index in [-0.39, 0.29) is 17.6 Å². The first-order chi connectivity index (χ1) is 11.1. The molecular weight excluding hydrogens is 288 g/mol. The number of aromatic nitrogens is 1. The van der Waals surface area contributed by atoms with Gasteiger partial charge in [0.05, 0.1) is 6.04 Å². The second-order valence-corrected chi connectivity index (χ2v) is 5.55. The minimum atomic E-state index is -0.253. The zero-order chi connectivity index (χ0) is 16.2. The molecule has 0 aliphatic heterocycles. The van der Waals surface area contributed by atoms with Crippen molar-refractivity contribution in [3.63, 3.8) is 0 Å². The molecule has 0 unspecified atom stereocenters. The highest BCUT2D eigenvalue weighted by molar-refractivity contribution is 5.92. The first kappa shape index (κ1) is 15.0. The van der Waals surface area contributed by atoms with Gasteiger partial charge in [0.15, 0.2) is 5.69 Å². The topological polar surface area (TPSA) is 55.1 Å². The summed E-state index contributed by atoms with van der Waals surface area (Å²) in [5.41, 5.74) is 3.51. The van der Waals surface area contributed by atoms with E-state index in [1.807, 2.05) is 61.5 Å². The fraction of sp³-hybridized carbons (Fsp3) is 0.158. The minimum absolute atomic E-state index is 0.235. The summed E-state index contributed by atoms with van der Waals surface area (Å²) in [5, 5.41) is 6.82. The lowest BCUT2D eigenvalue weighted by molar-refractivity contribution is 0.0934. The first-order valence-electron chi connectivity index (χ1n) is 7.49. The third-order valence-corrected chi connectivity index (χ3v) is 3.68. The lowest BCUT2D eigenvalue weighted by atomic mass is 9.97. The summed E-state index contributed by atoms with van der Waals surface area (Å²) >= 11 is 0. The van der Waals surface area contributed by atoms with Crippen molar-refractivity contribution in [2.75, 3.05) is 0 Å². The first-order valence-corrected chi connectivity index (χ1v) is 7.49. The van der Waals surface area contributed by atoms with Crippen LogP contribution in [0.4, 0.5) is 0 Å². The Kier molecular flexibility index (Phi) is 4.24. The Morgan fingerprint density at radius 1 is 1.00 bits per heavy atom. The Bertz CT molecular complexity index is 792. The molecule has 1 atom stereocenters. The lowest BCUT2D eigenvalue weighted by Crippen LogP contribution is -2.29. The van der Waals surface area contributed by atoms with Gasteiger partial charge in [-0.3, -0.25) is 4.79 Å². The average molecular weight is 306 g/mol. The van der Waals surface area contributed by atoms with Gasteiger partial charge in [0, 0.05) is 6.07 Å². The molecule has 0 bridgehead atoms. The summed E-state index contributed by atoms with van der Waals surface area (Å²) in [4.78, 5) is 12.4. The van der Waals surface area contributed by atoms with Crippen molar-refractivity contribution in [3.8, 4) is 0 Å². The van der Waals surface area contributed by atoms with Crippen LogP contribution in [0.25, 0.3) is 0 Å². The van der Waals surface area contributed by atoms with E-state index >= 15 is 0 Å². The molecule has 0 aliphatic carbocycles. The second kappa shape index (κ2) is 6.48. The average Bonchev–Trinajstić information content (AvgIpc) is 3.01. The normalized spacial score (nSPS) is 11.9. The van der Waals surface area contributed by atoms with Crippen molar-refractivity contribution in [2.45, 2.75) is 19.9 Å². The van der Waals surface area contributed by atoms with Crippen molar-refractivity contribution in [1.29, 1.82) is 0 Å². The van der Waals surface area contributed by atoms with Gasteiger partial charge in [0.25, 0.3) is 5.91 Å². The van der Waals surface area contributed by atoms with Crippen molar-refractivity contribution in [2.24, 2.45) is 0 Å². The van der Waals surface area contributed by atoms with Crippen LogP contribution in [0.3, 0.4) is 0 Å². The third kappa shape index (κ3) is 3.48. The molecule has 0 radical (unpaired) electrons. The molecule has 2 aromatic carbocycles. The SMILES string of the molecule is Cc1ccc([C@H](NC(=O)c2cc(C)on2)c2ccccc2)cc1. The van der Waals surface area contributed by atoms with Crippen molar-refractivity contribution in [3.05, 3.63) is 88.8 Å². The maximum atomic E-state index is 12.4. The molecule has 0 saturated heterocycles. The van der Waals surface area contributed by atoms with Gasteiger partial charge in [-0.15, -0.1) is 0 Å². The number of nitrogens with one attached hydrogen (secondary N) is 1. The summed E-state index contributed by atoms with van der Waals surface area (Å²) in [6.07, 6.45) is 0. The number of nitrogens with zero attached hydrogens (tertiary/aromatic N) is 1. The van der Waals surface area contributed by atoms with Crippen LogP contribution in [0.2, 0.25) is 0 Å². The van der Waals surface area contributed by atoms with Crippen LogP contribution in [0.5, 0.6) is 0 Å². The fourth-order valence-electron chi connectivity index (χ4n) is 2.44. The summed E-state index contributed by atoms with van der Waals surface area (Å²) in [5.74, 6) is 0.359. The van der Waals surface area contributed by atoms with E-state index in [0.717, 1.165) is 11.1 Å². The predicted molar refractivity (Wildman–Crippen MR) is 88.2 cm³/mol. The Balaban J connectivity index is 1.92. The highest BCUT2D eigenvalue weighted by Crippen LogP contribution is 2.23. The molecule has 3 rings (SSSR count). The molecule has 1 aromatic heterocycles. The van der Waals surface area contributed by atoms with Crippen molar-refractivity contribution < 1.29 is 9.32 Å². The van der Waals surface area contributed by atoms with Crippen LogP contribution in [0, 0.1) is 13.8 Å². The molecule has 23 heavy (non-hydrogen) atoms. The summed E-state index contributed by atoms with van der Waals surface area (Å²) in [7, 11) is 0. The number of hydrogen-bond acceptors (Lipinski definition) is 3. The fourth-order valence-corrected chi connectivity index (χ4v) is 2.44. The number of hydrogen-bond donors (Lipinski definition) is 1. The number of carbonyl (C=O) groups is 1. The van der Waals surface area contributed by atoms with Gasteiger partial charge in [0.2, 0.25) is 0 Å². The molecule has 3 aromatic rings. The monoisotopic (exact) mass is 306 g/mol. The van der Waals surface area contributed by atoms with Gasteiger partial charge >= 0.3 is 0 Å². The molecular formula is C19H18N2O2. The molecule has 0 spiro atoms. The van der Waals surface area contributed by atoms with E-state index < -0.39 is 0 Å². The molecule has 116 valence electrons. The van der Waals surface area contributed by atoms with E-state index in [0.29, 0.717) is 5.76 Å². The Morgan fingerprint density at radius 2 is 1.65 bits per heavy atom. The van der Waals surface area contributed by atoms with E-state index in [1.54, 1.807) is 13.0 Å². The van der Waals surface area contributed by atoms with Crippen molar-refractivity contribution >= 4 is 5.91 Å². The van der Waals surface area contributed by atoms with Crippen LogP contribution >= 0.6 is 0 Å². The van der Waals surface area contributed by atoms with Gasteiger partial charge in [-0.25, -0.2) is 0 Å². The van der Waals surface area contributed by atoms with E-state index in [9.17, 15) is 4.79 Å². The second-order valence-electron chi connectivity index (χ2n) is 5.55.